The van der Waals surface area contributed by atoms with E-state index in [9.17, 15) is 4.79 Å². The van der Waals surface area contributed by atoms with Gasteiger partial charge in [-0.05, 0) is 40.7 Å². The summed E-state index contributed by atoms with van der Waals surface area (Å²) >= 11 is 0. The Labute approximate surface area is 131 Å². The minimum atomic E-state index is -0.649. The van der Waals surface area contributed by atoms with Crippen molar-refractivity contribution >= 4 is 18.6 Å². The van der Waals surface area contributed by atoms with Gasteiger partial charge in [-0.1, -0.05) is 0 Å². The van der Waals surface area contributed by atoms with Crippen LogP contribution in [0.15, 0.2) is 12.3 Å². The quantitative estimate of drug-likeness (QED) is 0.621. The van der Waals surface area contributed by atoms with Gasteiger partial charge in [0, 0.05) is 11.7 Å². The van der Waals surface area contributed by atoms with E-state index in [0.717, 1.165) is 0 Å². The molecule has 1 aliphatic heterocycles. The van der Waals surface area contributed by atoms with Crippen molar-refractivity contribution in [3.05, 3.63) is 17.8 Å². The predicted octanol–water partition coefficient (Wildman–Crippen LogP) is 1.57. The second kappa shape index (κ2) is 5.89. The molecule has 0 atom stereocenters. The topological polar surface area (TPSA) is 66.9 Å². The van der Waals surface area contributed by atoms with Crippen LogP contribution in [-0.2, 0) is 14.0 Å². The number of esters is 1. The molecule has 1 saturated heterocycles. The normalized spacial score (nSPS) is 19.1. The first-order valence-corrected chi connectivity index (χ1v) is 7.28. The Kier molecular flexibility index (Phi) is 4.49. The number of nitrogens with zero attached hydrogens (tertiary/aromatic N) is 1. The van der Waals surface area contributed by atoms with Crippen molar-refractivity contribution in [2.75, 3.05) is 13.7 Å². The lowest BCUT2D eigenvalue weighted by molar-refractivity contribution is 0.00578. The summed E-state index contributed by atoms with van der Waals surface area (Å²) < 4.78 is 22.3. The Bertz CT molecular complexity index is 557. The molecule has 0 N–H and O–H groups in total. The van der Waals surface area contributed by atoms with Crippen LogP contribution in [0.25, 0.3) is 0 Å². The van der Waals surface area contributed by atoms with E-state index in [1.54, 1.807) is 6.07 Å². The van der Waals surface area contributed by atoms with Crippen molar-refractivity contribution < 1.29 is 23.6 Å². The monoisotopic (exact) mass is 307 g/mol. The molecule has 0 radical (unpaired) electrons. The summed E-state index contributed by atoms with van der Waals surface area (Å²) in [5.74, 6) is -0.0676. The van der Waals surface area contributed by atoms with Crippen LogP contribution in [0.1, 0.15) is 45.0 Å². The van der Waals surface area contributed by atoms with E-state index in [-0.39, 0.29) is 0 Å². The maximum absolute atomic E-state index is 11.7. The first kappa shape index (κ1) is 16.8. The molecule has 1 aromatic rings. The van der Waals surface area contributed by atoms with E-state index in [1.807, 2.05) is 34.6 Å². The molecule has 0 unspecified atom stereocenters. The standard InChI is InChI=1S/C15H22BNO5/c1-7-20-12-11(8-10(9-17-12)13(18)19-6)16-21-14(2,3)15(4,5)22-16/h8-9H,7H2,1-6H3. The number of ether oxygens (including phenoxy) is 2. The van der Waals surface area contributed by atoms with E-state index < -0.39 is 24.3 Å². The number of hydrogen-bond donors (Lipinski definition) is 0. The molecular formula is C15H22BNO5. The predicted molar refractivity (Wildman–Crippen MR) is 82.5 cm³/mol. The summed E-state index contributed by atoms with van der Waals surface area (Å²) in [5.41, 5.74) is -0.0516. The molecule has 1 aliphatic rings. The molecule has 0 bridgehead atoms. The molecule has 120 valence electrons. The molecule has 7 heteroatoms. The van der Waals surface area contributed by atoms with Gasteiger partial charge >= 0.3 is 13.1 Å². The zero-order valence-corrected chi connectivity index (χ0v) is 13.9. The Hall–Kier alpha value is -1.60. The highest BCUT2D eigenvalue weighted by Crippen LogP contribution is 2.37. The van der Waals surface area contributed by atoms with Gasteiger partial charge in [-0.15, -0.1) is 0 Å². The summed E-state index contributed by atoms with van der Waals surface area (Å²) in [6.45, 7) is 10.2. The van der Waals surface area contributed by atoms with Gasteiger partial charge in [-0.3, -0.25) is 0 Å². The Morgan fingerprint density at radius 1 is 1.27 bits per heavy atom. The average Bonchev–Trinajstić information content (AvgIpc) is 2.67. The molecule has 6 nitrogen and oxygen atoms in total. The first-order valence-electron chi connectivity index (χ1n) is 7.28. The number of aromatic nitrogens is 1. The van der Waals surface area contributed by atoms with Crippen LogP contribution in [0.5, 0.6) is 5.88 Å². The molecule has 0 spiro atoms. The summed E-state index contributed by atoms with van der Waals surface area (Å²) in [5, 5.41) is 0. The maximum Gasteiger partial charge on any atom is 0.500 e. The summed E-state index contributed by atoms with van der Waals surface area (Å²) in [6, 6.07) is 1.64. The third-order valence-electron chi connectivity index (χ3n) is 4.09. The van der Waals surface area contributed by atoms with Gasteiger partial charge in [-0.2, -0.15) is 0 Å². The minimum Gasteiger partial charge on any atom is -0.478 e. The fraction of sp³-hybridized carbons (Fsp3) is 0.600. The van der Waals surface area contributed by atoms with Crippen molar-refractivity contribution in [3.8, 4) is 5.88 Å². The van der Waals surface area contributed by atoms with E-state index in [1.165, 1.54) is 13.3 Å². The Morgan fingerprint density at radius 2 is 1.86 bits per heavy atom. The highest BCUT2D eigenvalue weighted by molar-refractivity contribution is 6.63. The third kappa shape index (κ3) is 2.96. The summed E-state index contributed by atoms with van der Waals surface area (Å²) in [4.78, 5) is 15.9. The number of carbonyl (C=O) groups excluding carboxylic acids is 1. The van der Waals surface area contributed by atoms with Crippen LogP contribution >= 0.6 is 0 Å². The fourth-order valence-corrected chi connectivity index (χ4v) is 2.09. The van der Waals surface area contributed by atoms with Gasteiger partial charge in [0.15, 0.2) is 0 Å². The van der Waals surface area contributed by atoms with E-state index in [0.29, 0.717) is 23.5 Å². The first-order chi connectivity index (χ1) is 10.2. The molecule has 0 aliphatic carbocycles. The van der Waals surface area contributed by atoms with Crippen molar-refractivity contribution in [1.82, 2.24) is 4.98 Å². The molecule has 2 rings (SSSR count). The van der Waals surface area contributed by atoms with Gasteiger partial charge in [0.1, 0.15) is 0 Å². The van der Waals surface area contributed by atoms with Gasteiger partial charge in [0.05, 0.1) is 30.5 Å². The number of methoxy groups -OCH3 is 1. The Balaban J connectivity index is 2.42. The number of pyridine rings is 1. The highest BCUT2D eigenvalue weighted by Gasteiger charge is 2.52. The molecule has 0 saturated carbocycles. The molecule has 0 aromatic carbocycles. The Morgan fingerprint density at radius 3 is 2.36 bits per heavy atom. The SMILES string of the molecule is CCOc1ncc(C(=O)OC)cc1B1OC(C)(C)C(C)(C)O1. The lowest BCUT2D eigenvalue weighted by Crippen LogP contribution is -2.41. The fourth-order valence-electron chi connectivity index (χ4n) is 2.09. The second-order valence-corrected chi connectivity index (χ2v) is 6.13. The van der Waals surface area contributed by atoms with Gasteiger partial charge < -0.3 is 18.8 Å². The van der Waals surface area contributed by atoms with Crippen molar-refractivity contribution in [1.29, 1.82) is 0 Å². The van der Waals surface area contributed by atoms with E-state index in [4.69, 9.17) is 18.8 Å². The largest absolute Gasteiger partial charge is 0.500 e. The molecule has 1 fully saturated rings. The van der Waals surface area contributed by atoms with E-state index >= 15 is 0 Å². The zero-order valence-electron chi connectivity index (χ0n) is 13.9. The van der Waals surface area contributed by atoms with Gasteiger partial charge in [0.2, 0.25) is 5.88 Å². The lowest BCUT2D eigenvalue weighted by atomic mass is 9.79. The average molecular weight is 307 g/mol. The van der Waals surface area contributed by atoms with Crippen LogP contribution < -0.4 is 10.2 Å². The summed E-state index contributed by atoms with van der Waals surface area (Å²) in [6.07, 6.45) is 1.42. The van der Waals surface area contributed by atoms with Crippen molar-refractivity contribution in [3.63, 3.8) is 0 Å². The van der Waals surface area contributed by atoms with Crippen molar-refractivity contribution in [2.45, 2.75) is 45.8 Å². The lowest BCUT2D eigenvalue weighted by Gasteiger charge is -2.32. The van der Waals surface area contributed by atoms with E-state index in [2.05, 4.69) is 4.98 Å². The molecule has 0 amide bonds. The molecular weight excluding hydrogens is 285 g/mol. The molecule has 2 heterocycles. The number of hydrogen-bond acceptors (Lipinski definition) is 6. The minimum absolute atomic E-state index is 0.329. The number of rotatable bonds is 4. The number of carbonyl (C=O) groups is 1. The second-order valence-electron chi connectivity index (χ2n) is 6.13. The van der Waals surface area contributed by atoms with Crippen LogP contribution in [0.3, 0.4) is 0 Å². The molecule has 1 aromatic heterocycles. The van der Waals surface area contributed by atoms with Crippen LogP contribution in [0.2, 0.25) is 0 Å². The summed E-state index contributed by atoms with van der Waals surface area (Å²) in [7, 11) is 0.677. The van der Waals surface area contributed by atoms with Crippen LogP contribution in [-0.4, -0.2) is 43.0 Å². The van der Waals surface area contributed by atoms with Crippen LogP contribution in [0, 0.1) is 0 Å². The van der Waals surface area contributed by atoms with Gasteiger partial charge in [-0.25, -0.2) is 9.78 Å². The highest BCUT2D eigenvalue weighted by atomic mass is 16.7. The van der Waals surface area contributed by atoms with Crippen LogP contribution in [0.4, 0.5) is 0 Å². The smallest absolute Gasteiger partial charge is 0.478 e. The molecule has 22 heavy (non-hydrogen) atoms. The van der Waals surface area contributed by atoms with Crippen molar-refractivity contribution in [2.24, 2.45) is 0 Å². The zero-order chi connectivity index (χ0) is 16.5. The maximum atomic E-state index is 11.7. The van der Waals surface area contributed by atoms with Gasteiger partial charge in [0.25, 0.3) is 0 Å². The third-order valence-corrected chi connectivity index (χ3v) is 4.09.